The number of halogens is 3. The predicted molar refractivity (Wildman–Crippen MR) is 67.2 cm³/mol. The molecule has 1 heterocycles. The Balaban J connectivity index is 2.14. The molecule has 0 saturated heterocycles. The largest absolute Gasteiger partial charge is 0.343 e. The number of nitrogens with zero attached hydrogens (tertiary/aromatic N) is 2. The number of hydrogen-bond donors (Lipinski definition) is 1. The van der Waals surface area contributed by atoms with Crippen LogP contribution in [0.2, 0.25) is 4.47 Å². The number of carbonyl (C=O) groups is 1. The van der Waals surface area contributed by atoms with Crippen molar-refractivity contribution in [1.29, 1.82) is 0 Å². The van der Waals surface area contributed by atoms with Gasteiger partial charge in [0.05, 0.1) is 6.04 Å². The smallest absolute Gasteiger partial charge is 0.282 e. The van der Waals surface area contributed by atoms with Gasteiger partial charge < -0.3 is 5.32 Å². The van der Waals surface area contributed by atoms with Crippen LogP contribution in [0.1, 0.15) is 28.3 Å². The van der Waals surface area contributed by atoms with Crippen LogP contribution in [0.5, 0.6) is 0 Å². The number of hydrogen-bond acceptors (Lipinski definition) is 4. The first-order valence-electron chi connectivity index (χ1n) is 5.22. The number of benzene rings is 1. The van der Waals surface area contributed by atoms with Gasteiger partial charge in [-0.1, -0.05) is 11.3 Å². The average Bonchev–Trinajstić information content (AvgIpc) is 2.79. The highest BCUT2D eigenvalue weighted by Gasteiger charge is 2.18. The molecule has 1 N–H and O–H groups in total. The van der Waals surface area contributed by atoms with E-state index in [1.165, 1.54) is 0 Å². The molecular formula is C11H8ClF2N3OS. The van der Waals surface area contributed by atoms with E-state index < -0.39 is 23.6 Å². The lowest BCUT2D eigenvalue weighted by Crippen LogP contribution is -2.27. The number of nitrogens with one attached hydrogen (secondary N) is 1. The summed E-state index contributed by atoms with van der Waals surface area (Å²) in [6, 6.07) is 2.35. The lowest BCUT2D eigenvalue weighted by atomic mass is 10.1. The number of rotatable bonds is 3. The van der Waals surface area contributed by atoms with Crippen LogP contribution in [0, 0.1) is 11.6 Å². The van der Waals surface area contributed by atoms with E-state index in [9.17, 15) is 13.6 Å². The average molecular weight is 304 g/mol. The first-order valence-corrected chi connectivity index (χ1v) is 6.41. The highest BCUT2D eigenvalue weighted by Crippen LogP contribution is 2.20. The lowest BCUT2D eigenvalue weighted by molar-refractivity contribution is 0.0938. The zero-order valence-corrected chi connectivity index (χ0v) is 11.2. The van der Waals surface area contributed by atoms with Gasteiger partial charge in [0.2, 0.25) is 9.47 Å². The van der Waals surface area contributed by atoms with Crippen LogP contribution in [0.4, 0.5) is 8.78 Å². The Morgan fingerprint density at radius 1 is 1.42 bits per heavy atom. The third-order valence-electron chi connectivity index (χ3n) is 2.37. The minimum atomic E-state index is -0.703. The van der Waals surface area contributed by atoms with E-state index >= 15 is 0 Å². The van der Waals surface area contributed by atoms with E-state index in [2.05, 4.69) is 15.5 Å². The Morgan fingerprint density at radius 3 is 2.79 bits per heavy atom. The van der Waals surface area contributed by atoms with E-state index in [1.807, 2.05) is 0 Å². The van der Waals surface area contributed by atoms with Crippen molar-refractivity contribution in [3.63, 3.8) is 0 Å². The van der Waals surface area contributed by atoms with Crippen LogP contribution in [-0.2, 0) is 0 Å². The molecule has 1 amide bonds. The van der Waals surface area contributed by atoms with Crippen LogP contribution >= 0.6 is 22.9 Å². The maximum absolute atomic E-state index is 13.5. The quantitative estimate of drug-likeness (QED) is 0.948. The molecule has 1 aromatic heterocycles. The second kappa shape index (κ2) is 5.58. The molecule has 0 saturated carbocycles. The van der Waals surface area contributed by atoms with Crippen LogP contribution in [0.25, 0.3) is 0 Å². The van der Waals surface area contributed by atoms with Gasteiger partial charge in [-0.3, -0.25) is 4.79 Å². The van der Waals surface area contributed by atoms with Crippen molar-refractivity contribution in [2.75, 3.05) is 0 Å². The number of amides is 1. The number of aromatic nitrogens is 2. The molecule has 19 heavy (non-hydrogen) atoms. The molecule has 2 rings (SSSR count). The molecule has 0 radical (unpaired) electrons. The summed E-state index contributed by atoms with van der Waals surface area (Å²) >= 11 is 6.46. The fraction of sp³-hybridized carbons (Fsp3) is 0.182. The Bertz CT molecular complexity index is 620. The van der Waals surface area contributed by atoms with Crippen LogP contribution < -0.4 is 5.32 Å². The Hall–Kier alpha value is -1.60. The summed E-state index contributed by atoms with van der Waals surface area (Å²) in [7, 11) is 0. The molecule has 0 bridgehead atoms. The van der Waals surface area contributed by atoms with Gasteiger partial charge in [-0.05, 0) is 36.7 Å². The van der Waals surface area contributed by atoms with Crippen molar-refractivity contribution >= 4 is 28.8 Å². The standard InChI is InChI=1S/C11H8ClF2N3OS/c1-5(7-4-6(13)2-3-8(7)14)15-9(18)10-16-17-11(12)19-10/h2-5H,1H3,(H,15,18). The normalized spacial score (nSPS) is 12.2. The number of carbonyl (C=O) groups excluding carboxylic acids is 1. The topological polar surface area (TPSA) is 54.9 Å². The van der Waals surface area contributed by atoms with Crippen molar-refractivity contribution in [3.05, 3.63) is 44.9 Å². The molecule has 0 aliphatic heterocycles. The van der Waals surface area contributed by atoms with Crippen molar-refractivity contribution < 1.29 is 13.6 Å². The van der Waals surface area contributed by atoms with Gasteiger partial charge >= 0.3 is 0 Å². The minimum absolute atomic E-state index is 0.0592. The van der Waals surface area contributed by atoms with Gasteiger partial charge in [-0.2, -0.15) is 0 Å². The van der Waals surface area contributed by atoms with Crippen molar-refractivity contribution in [2.45, 2.75) is 13.0 Å². The maximum Gasteiger partial charge on any atom is 0.282 e. The second-order valence-electron chi connectivity index (χ2n) is 3.72. The third kappa shape index (κ3) is 3.24. The summed E-state index contributed by atoms with van der Waals surface area (Å²) in [4.78, 5) is 11.8. The minimum Gasteiger partial charge on any atom is -0.343 e. The summed E-state index contributed by atoms with van der Waals surface area (Å²) in [5.74, 6) is -1.71. The Labute approximate surface area is 116 Å². The van der Waals surface area contributed by atoms with Crippen LogP contribution in [0.15, 0.2) is 18.2 Å². The molecule has 100 valence electrons. The van der Waals surface area contributed by atoms with Crippen LogP contribution in [0.3, 0.4) is 0 Å². The van der Waals surface area contributed by atoms with Gasteiger partial charge in [0.25, 0.3) is 5.91 Å². The van der Waals surface area contributed by atoms with Crippen molar-refractivity contribution in [3.8, 4) is 0 Å². The maximum atomic E-state index is 13.5. The molecule has 0 spiro atoms. The summed E-state index contributed by atoms with van der Waals surface area (Å²) in [5, 5.41) is 9.61. The molecule has 1 atom stereocenters. The zero-order valence-electron chi connectivity index (χ0n) is 9.65. The SMILES string of the molecule is CC(NC(=O)c1nnc(Cl)s1)c1cc(F)ccc1F. The summed E-state index contributed by atoms with van der Waals surface area (Å²) in [6.45, 7) is 1.54. The molecule has 0 aliphatic carbocycles. The highest BCUT2D eigenvalue weighted by atomic mass is 35.5. The fourth-order valence-corrected chi connectivity index (χ4v) is 2.21. The second-order valence-corrected chi connectivity index (χ2v) is 5.28. The van der Waals surface area contributed by atoms with Gasteiger partial charge in [0.15, 0.2) is 0 Å². The van der Waals surface area contributed by atoms with E-state index in [0.717, 1.165) is 29.5 Å². The van der Waals surface area contributed by atoms with Crippen molar-refractivity contribution in [2.24, 2.45) is 0 Å². The molecule has 1 aromatic carbocycles. The summed E-state index contributed by atoms with van der Waals surface area (Å²) in [6.07, 6.45) is 0. The lowest BCUT2D eigenvalue weighted by Gasteiger charge is -2.14. The highest BCUT2D eigenvalue weighted by molar-refractivity contribution is 7.17. The van der Waals surface area contributed by atoms with Gasteiger partial charge in [-0.25, -0.2) is 8.78 Å². The molecular weight excluding hydrogens is 296 g/mol. The first kappa shape index (κ1) is 13.8. The van der Waals surface area contributed by atoms with Crippen molar-refractivity contribution in [1.82, 2.24) is 15.5 Å². The van der Waals surface area contributed by atoms with Gasteiger partial charge in [0, 0.05) is 5.56 Å². The predicted octanol–water partition coefficient (Wildman–Crippen LogP) is 2.96. The molecule has 2 aromatic rings. The van der Waals surface area contributed by atoms with E-state index in [1.54, 1.807) is 6.92 Å². The first-order chi connectivity index (χ1) is 8.97. The van der Waals surface area contributed by atoms with E-state index in [4.69, 9.17) is 11.6 Å². The molecule has 0 aliphatic rings. The molecule has 1 unspecified atom stereocenters. The van der Waals surface area contributed by atoms with E-state index in [-0.39, 0.29) is 15.0 Å². The summed E-state index contributed by atoms with van der Waals surface area (Å²) in [5.41, 5.74) is 0.0592. The van der Waals surface area contributed by atoms with Crippen LogP contribution in [-0.4, -0.2) is 16.1 Å². The van der Waals surface area contributed by atoms with Gasteiger partial charge in [-0.15, -0.1) is 10.2 Å². The monoisotopic (exact) mass is 303 g/mol. The van der Waals surface area contributed by atoms with E-state index in [0.29, 0.717) is 0 Å². The summed E-state index contributed by atoms with van der Waals surface area (Å²) < 4.78 is 26.7. The Morgan fingerprint density at radius 2 is 2.16 bits per heavy atom. The molecule has 0 fully saturated rings. The Kier molecular flexibility index (Phi) is 4.06. The molecule has 4 nitrogen and oxygen atoms in total. The molecule has 8 heteroatoms. The van der Waals surface area contributed by atoms with Gasteiger partial charge in [0.1, 0.15) is 11.6 Å². The fourth-order valence-electron chi connectivity index (χ4n) is 1.48. The zero-order chi connectivity index (χ0) is 14.0. The third-order valence-corrected chi connectivity index (χ3v) is 3.38.